The Balaban J connectivity index is 2.01. The summed E-state index contributed by atoms with van der Waals surface area (Å²) in [6.45, 7) is 3.96. The third-order valence-corrected chi connectivity index (χ3v) is 4.47. The Morgan fingerprint density at radius 1 is 1.15 bits per heavy atom. The predicted molar refractivity (Wildman–Crippen MR) is 83.6 cm³/mol. The molecule has 0 unspecified atom stereocenters. The lowest BCUT2D eigenvalue weighted by molar-refractivity contribution is 0.0996. The molecule has 0 radical (unpaired) electrons. The van der Waals surface area contributed by atoms with Gasteiger partial charge in [-0.2, -0.15) is 0 Å². The van der Waals surface area contributed by atoms with E-state index in [-0.39, 0.29) is 5.78 Å². The molecule has 2 heterocycles. The number of para-hydroxylation sites is 1. The fourth-order valence-corrected chi connectivity index (χ4v) is 3.23. The number of thiophene rings is 1. The summed E-state index contributed by atoms with van der Waals surface area (Å²) in [5, 5.41) is 3.05. The lowest BCUT2D eigenvalue weighted by Crippen LogP contribution is -2.04. The quantitative estimate of drug-likeness (QED) is 0.668. The molecule has 100 valence electrons. The molecule has 0 N–H and O–H groups in total. The predicted octanol–water partition coefficient (Wildman–Crippen LogP) is 4.34. The molecule has 0 saturated carbocycles. The van der Waals surface area contributed by atoms with E-state index in [1.165, 1.54) is 11.3 Å². The second kappa shape index (κ2) is 5.17. The van der Waals surface area contributed by atoms with Gasteiger partial charge >= 0.3 is 0 Å². The van der Waals surface area contributed by atoms with Crippen molar-refractivity contribution in [1.29, 1.82) is 0 Å². The van der Waals surface area contributed by atoms with Crippen molar-refractivity contribution >= 4 is 28.0 Å². The van der Waals surface area contributed by atoms with Crippen molar-refractivity contribution in [3.63, 3.8) is 0 Å². The average Bonchev–Trinajstić information content (AvgIpc) is 2.86. The van der Waals surface area contributed by atoms with Crippen molar-refractivity contribution < 1.29 is 4.79 Å². The van der Waals surface area contributed by atoms with E-state index >= 15 is 0 Å². The molecular weight excluding hydrogens is 266 g/mol. The van der Waals surface area contributed by atoms with E-state index in [0.717, 1.165) is 32.6 Å². The number of carbonyl (C=O) groups excluding carboxylic acids is 1. The number of carbonyl (C=O) groups is 1. The highest BCUT2D eigenvalue weighted by Crippen LogP contribution is 2.22. The number of nitrogens with zero attached hydrogens (tertiary/aromatic N) is 1. The lowest BCUT2D eigenvalue weighted by Gasteiger charge is -2.06. The monoisotopic (exact) mass is 281 g/mol. The van der Waals surface area contributed by atoms with Gasteiger partial charge in [0.15, 0.2) is 5.78 Å². The molecule has 0 fully saturated rings. The largest absolute Gasteiger partial charge is 0.293 e. The third-order valence-electron chi connectivity index (χ3n) is 3.41. The zero-order chi connectivity index (χ0) is 14.1. The van der Waals surface area contributed by atoms with Crippen molar-refractivity contribution in [3.8, 4) is 0 Å². The molecule has 3 rings (SSSR count). The Kier molecular flexibility index (Phi) is 3.36. The summed E-state index contributed by atoms with van der Waals surface area (Å²) in [5.41, 5.74) is 3.98. The Labute approximate surface area is 122 Å². The summed E-state index contributed by atoms with van der Waals surface area (Å²) in [6, 6.07) is 12.1. The molecule has 0 amide bonds. The number of Topliss-reactive ketones (excluding diaryl/α,β-unsaturated/α-hetero) is 1. The maximum absolute atomic E-state index is 12.4. The van der Waals surface area contributed by atoms with Gasteiger partial charge in [0.25, 0.3) is 0 Å². The Morgan fingerprint density at radius 2 is 2.00 bits per heavy atom. The topological polar surface area (TPSA) is 30.0 Å². The Hall–Kier alpha value is -2.00. The summed E-state index contributed by atoms with van der Waals surface area (Å²) in [4.78, 5) is 17.8. The van der Waals surface area contributed by atoms with Crippen molar-refractivity contribution in [2.75, 3.05) is 0 Å². The summed E-state index contributed by atoms with van der Waals surface area (Å²) in [5.74, 6) is 0.174. The van der Waals surface area contributed by atoms with Crippen LogP contribution >= 0.6 is 11.3 Å². The highest BCUT2D eigenvalue weighted by atomic mass is 32.1. The average molecular weight is 281 g/mol. The third kappa shape index (κ3) is 2.37. The molecule has 2 aromatic heterocycles. The van der Waals surface area contributed by atoms with Gasteiger partial charge in [-0.05, 0) is 42.5 Å². The number of rotatable bonds is 3. The molecule has 0 atom stereocenters. The van der Waals surface area contributed by atoms with Gasteiger partial charge in [-0.1, -0.05) is 24.3 Å². The highest BCUT2D eigenvalue weighted by Gasteiger charge is 2.13. The number of hydrogen-bond donors (Lipinski definition) is 0. The first-order valence-corrected chi connectivity index (χ1v) is 7.45. The number of pyridine rings is 1. The second-order valence-corrected chi connectivity index (χ2v) is 5.89. The number of hydrogen-bond acceptors (Lipinski definition) is 3. The molecule has 0 saturated heterocycles. The van der Waals surface area contributed by atoms with Gasteiger partial charge in [0.1, 0.15) is 0 Å². The first-order chi connectivity index (χ1) is 9.65. The Morgan fingerprint density at radius 3 is 2.75 bits per heavy atom. The number of fused-ring (bicyclic) bond motifs is 1. The second-order valence-electron chi connectivity index (χ2n) is 4.97. The van der Waals surface area contributed by atoms with Crippen LogP contribution in [0.5, 0.6) is 0 Å². The van der Waals surface area contributed by atoms with Crippen LogP contribution in [0, 0.1) is 13.8 Å². The number of benzene rings is 1. The van der Waals surface area contributed by atoms with Crippen molar-refractivity contribution in [1.82, 2.24) is 4.98 Å². The smallest absolute Gasteiger partial charge is 0.177 e. The summed E-state index contributed by atoms with van der Waals surface area (Å²) in [6.07, 6.45) is 0.412. The zero-order valence-electron chi connectivity index (χ0n) is 11.5. The summed E-state index contributed by atoms with van der Waals surface area (Å²) >= 11 is 1.52. The van der Waals surface area contributed by atoms with Crippen LogP contribution in [0.15, 0.2) is 41.8 Å². The molecule has 3 aromatic rings. The number of aryl methyl sites for hydroxylation is 2. The minimum absolute atomic E-state index is 0.174. The minimum atomic E-state index is 0.174. The molecule has 2 nitrogen and oxygen atoms in total. The van der Waals surface area contributed by atoms with E-state index in [4.69, 9.17) is 0 Å². The van der Waals surface area contributed by atoms with Crippen LogP contribution in [0.25, 0.3) is 10.9 Å². The van der Waals surface area contributed by atoms with Gasteiger partial charge in [-0.25, -0.2) is 0 Å². The molecule has 3 heteroatoms. The van der Waals surface area contributed by atoms with Crippen LogP contribution in [0.3, 0.4) is 0 Å². The molecule has 0 aliphatic carbocycles. The summed E-state index contributed by atoms with van der Waals surface area (Å²) in [7, 11) is 0. The molecule has 0 spiro atoms. The molecule has 0 aliphatic heterocycles. The maximum Gasteiger partial charge on any atom is 0.177 e. The van der Waals surface area contributed by atoms with Crippen LogP contribution in [-0.2, 0) is 6.42 Å². The first kappa shape index (κ1) is 13.0. The van der Waals surface area contributed by atoms with E-state index in [1.54, 1.807) is 0 Å². The van der Waals surface area contributed by atoms with Crippen molar-refractivity contribution in [3.05, 3.63) is 63.5 Å². The molecule has 1 aromatic carbocycles. The van der Waals surface area contributed by atoms with E-state index in [1.807, 2.05) is 49.6 Å². The lowest BCUT2D eigenvalue weighted by atomic mass is 10.0. The first-order valence-electron chi connectivity index (χ1n) is 6.57. The van der Waals surface area contributed by atoms with Crippen LogP contribution in [0.4, 0.5) is 0 Å². The SMILES string of the molecule is Cc1ccc2cccc(CC(=O)c3sccc3C)c2n1. The molecule has 0 aliphatic rings. The van der Waals surface area contributed by atoms with Gasteiger partial charge < -0.3 is 0 Å². The molecule has 0 bridgehead atoms. The van der Waals surface area contributed by atoms with Crippen molar-refractivity contribution in [2.45, 2.75) is 20.3 Å². The van der Waals surface area contributed by atoms with Crippen LogP contribution in [0.2, 0.25) is 0 Å². The minimum Gasteiger partial charge on any atom is -0.293 e. The number of ketones is 1. The van der Waals surface area contributed by atoms with E-state index in [0.29, 0.717) is 6.42 Å². The van der Waals surface area contributed by atoms with E-state index in [9.17, 15) is 4.79 Å². The van der Waals surface area contributed by atoms with E-state index < -0.39 is 0 Å². The van der Waals surface area contributed by atoms with Gasteiger partial charge in [0, 0.05) is 17.5 Å². The molecular formula is C17H15NOS. The fourth-order valence-electron chi connectivity index (χ4n) is 2.36. The standard InChI is InChI=1S/C17H15NOS/c1-11-8-9-20-17(11)15(19)10-14-5-3-4-13-7-6-12(2)18-16(13)14/h3-9H,10H2,1-2H3. The van der Waals surface area contributed by atoms with Crippen LogP contribution < -0.4 is 0 Å². The van der Waals surface area contributed by atoms with Gasteiger partial charge in [0.2, 0.25) is 0 Å². The summed E-state index contributed by atoms with van der Waals surface area (Å²) < 4.78 is 0. The molecule has 20 heavy (non-hydrogen) atoms. The Bertz CT molecular complexity index is 789. The fraction of sp³-hybridized carbons (Fsp3) is 0.176. The van der Waals surface area contributed by atoms with E-state index in [2.05, 4.69) is 11.1 Å². The number of aromatic nitrogens is 1. The van der Waals surface area contributed by atoms with Crippen LogP contribution in [0.1, 0.15) is 26.5 Å². The zero-order valence-corrected chi connectivity index (χ0v) is 12.3. The maximum atomic E-state index is 12.4. The van der Waals surface area contributed by atoms with Gasteiger partial charge in [-0.3, -0.25) is 9.78 Å². The van der Waals surface area contributed by atoms with Crippen LogP contribution in [-0.4, -0.2) is 10.8 Å². The van der Waals surface area contributed by atoms with Gasteiger partial charge in [-0.15, -0.1) is 11.3 Å². The highest BCUT2D eigenvalue weighted by molar-refractivity contribution is 7.12. The van der Waals surface area contributed by atoms with Crippen molar-refractivity contribution in [2.24, 2.45) is 0 Å². The normalized spacial score (nSPS) is 10.9. The van der Waals surface area contributed by atoms with Gasteiger partial charge in [0.05, 0.1) is 10.4 Å².